The largest absolute Gasteiger partial charge is 0.490 e. The number of halogens is 3. The van der Waals surface area contributed by atoms with E-state index in [-0.39, 0.29) is 5.82 Å². The predicted octanol–water partition coefficient (Wildman–Crippen LogP) is 3.55. The van der Waals surface area contributed by atoms with Crippen LogP contribution in [0.2, 0.25) is 0 Å². The van der Waals surface area contributed by atoms with Crippen LogP contribution in [0.4, 0.5) is 19.0 Å². The van der Waals surface area contributed by atoms with E-state index >= 15 is 0 Å². The van der Waals surface area contributed by atoms with Crippen molar-refractivity contribution in [1.82, 2.24) is 24.8 Å². The Bertz CT molecular complexity index is 1210. The molecule has 0 atom stereocenters. The van der Waals surface area contributed by atoms with Crippen LogP contribution < -0.4 is 11.5 Å². The van der Waals surface area contributed by atoms with Gasteiger partial charge in [-0.2, -0.15) is 24.5 Å². The summed E-state index contributed by atoms with van der Waals surface area (Å²) in [5, 5.41) is 18.9. The summed E-state index contributed by atoms with van der Waals surface area (Å²) in [5.41, 5.74) is 15.7. The van der Waals surface area contributed by atoms with Crippen molar-refractivity contribution >= 4 is 34.2 Å². The zero-order valence-electron chi connectivity index (χ0n) is 17.1. The van der Waals surface area contributed by atoms with Crippen molar-refractivity contribution in [3.8, 4) is 22.8 Å². The number of aliphatic carboxylic acids is 1. The molecule has 0 aromatic carbocycles. The van der Waals surface area contributed by atoms with Crippen molar-refractivity contribution in [2.75, 3.05) is 12.3 Å². The summed E-state index contributed by atoms with van der Waals surface area (Å²) in [7, 11) is 0. The van der Waals surface area contributed by atoms with E-state index in [0.29, 0.717) is 18.1 Å². The number of unbranched alkanes of at least 4 members (excludes halogenated alkanes) is 2. The predicted molar refractivity (Wildman–Crippen MR) is 115 cm³/mol. The number of nitrogens with two attached hydrogens (primary N) is 2. The van der Waals surface area contributed by atoms with E-state index in [1.54, 1.807) is 11.3 Å². The van der Waals surface area contributed by atoms with Crippen LogP contribution >= 0.6 is 11.3 Å². The molecule has 0 saturated heterocycles. The fourth-order valence-corrected chi connectivity index (χ4v) is 3.65. The number of carboxylic acid groups (broad SMARTS) is 1. The maximum Gasteiger partial charge on any atom is 0.490 e. The van der Waals surface area contributed by atoms with Gasteiger partial charge in [0.05, 0.1) is 11.2 Å². The minimum Gasteiger partial charge on any atom is -0.475 e. The summed E-state index contributed by atoms with van der Waals surface area (Å²) in [4.78, 5) is 18.2. The number of thiophene rings is 1. The van der Waals surface area contributed by atoms with E-state index in [4.69, 9.17) is 31.0 Å². The van der Waals surface area contributed by atoms with Crippen LogP contribution in [-0.2, 0) is 11.3 Å². The van der Waals surface area contributed by atoms with Crippen molar-refractivity contribution in [2.24, 2.45) is 5.73 Å². The van der Waals surface area contributed by atoms with E-state index in [0.717, 1.165) is 48.1 Å². The van der Waals surface area contributed by atoms with Gasteiger partial charge in [-0.15, -0.1) is 0 Å². The number of carbonyl (C=O) groups is 1. The summed E-state index contributed by atoms with van der Waals surface area (Å²) in [6.07, 6.45) is -0.250. The van der Waals surface area contributed by atoms with Gasteiger partial charge in [0.2, 0.25) is 0 Å². The van der Waals surface area contributed by atoms with Gasteiger partial charge in [0.25, 0.3) is 0 Å². The van der Waals surface area contributed by atoms with Gasteiger partial charge in [0, 0.05) is 23.7 Å². The van der Waals surface area contributed by atoms with Gasteiger partial charge in [0.1, 0.15) is 5.52 Å². The minimum absolute atomic E-state index is 0.230. The molecule has 0 aliphatic heterocycles. The molecule has 5 N–H and O–H groups in total. The van der Waals surface area contributed by atoms with Crippen molar-refractivity contribution in [3.05, 3.63) is 29.1 Å². The third kappa shape index (κ3) is 5.64. The van der Waals surface area contributed by atoms with Crippen LogP contribution in [0.1, 0.15) is 19.3 Å². The van der Waals surface area contributed by atoms with Gasteiger partial charge in [-0.3, -0.25) is 4.98 Å². The molecule has 4 heterocycles. The number of nitrogens with zero attached hydrogens (tertiary/aromatic N) is 5. The monoisotopic (exact) mass is 483 g/mol. The Balaban J connectivity index is 0.000000383. The maximum atomic E-state index is 10.6. The lowest BCUT2D eigenvalue weighted by atomic mass is 10.2. The van der Waals surface area contributed by atoms with Gasteiger partial charge in [-0.1, -0.05) is 6.42 Å². The number of hydrogen-bond acceptors (Lipinski definition) is 9. The van der Waals surface area contributed by atoms with Crippen molar-refractivity contribution in [1.29, 1.82) is 0 Å². The van der Waals surface area contributed by atoms with Gasteiger partial charge < -0.3 is 21.1 Å². The number of hydrogen-bond donors (Lipinski definition) is 3. The summed E-state index contributed by atoms with van der Waals surface area (Å²) in [6, 6.07) is 4.01. The fraction of sp³-hybridized carbons (Fsp3) is 0.316. The number of anilines is 1. The molecular formula is C19H20F3N7O3S. The lowest BCUT2D eigenvalue weighted by molar-refractivity contribution is -0.192. The van der Waals surface area contributed by atoms with Crippen LogP contribution in [0.15, 0.2) is 33.7 Å². The summed E-state index contributed by atoms with van der Waals surface area (Å²) in [6.45, 7) is 1.48. The molecule has 4 aromatic heterocycles. The first-order valence-electron chi connectivity index (χ1n) is 9.70. The molecule has 0 radical (unpaired) electrons. The number of nitrogen functional groups attached to an aromatic ring is 1. The highest BCUT2D eigenvalue weighted by molar-refractivity contribution is 7.08. The van der Waals surface area contributed by atoms with Crippen LogP contribution in [0, 0.1) is 0 Å². The molecule has 0 bridgehead atoms. The molecule has 0 aliphatic rings. The van der Waals surface area contributed by atoms with Gasteiger partial charge in [0.15, 0.2) is 17.3 Å². The number of pyridine rings is 1. The molecule has 4 aromatic rings. The molecule has 4 rings (SSSR count). The van der Waals surface area contributed by atoms with Crippen LogP contribution in [0.25, 0.3) is 33.8 Å². The second-order valence-corrected chi connectivity index (χ2v) is 7.56. The molecule has 10 nitrogen and oxygen atoms in total. The first kappa shape index (κ1) is 24.1. The maximum absolute atomic E-state index is 10.6. The zero-order valence-corrected chi connectivity index (χ0v) is 17.9. The Kier molecular flexibility index (Phi) is 7.60. The van der Waals surface area contributed by atoms with E-state index in [1.165, 1.54) is 0 Å². The Morgan fingerprint density at radius 1 is 1.18 bits per heavy atom. The molecule has 176 valence electrons. The average molecular weight is 483 g/mol. The highest BCUT2D eigenvalue weighted by Crippen LogP contribution is 2.32. The smallest absolute Gasteiger partial charge is 0.475 e. The fourth-order valence-electron chi connectivity index (χ4n) is 3.01. The highest BCUT2D eigenvalue weighted by Gasteiger charge is 2.38. The van der Waals surface area contributed by atoms with E-state index in [1.807, 2.05) is 23.7 Å². The average Bonchev–Trinajstić information content (AvgIpc) is 3.51. The topological polar surface area (TPSA) is 159 Å². The zero-order chi connectivity index (χ0) is 24.0. The van der Waals surface area contributed by atoms with Crippen molar-refractivity contribution in [3.63, 3.8) is 0 Å². The van der Waals surface area contributed by atoms with Gasteiger partial charge >= 0.3 is 12.1 Å². The molecular weight excluding hydrogens is 463 g/mol. The van der Waals surface area contributed by atoms with Crippen LogP contribution in [0.5, 0.6) is 0 Å². The van der Waals surface area contributed by atoms with Gasteiger partial charge in [-0.05, 0) is 47.2 Å². The van der Waals surface area contributed by atoms with E-state index < -0.39 is 12.1 Å². The lowest BCUT2D eigenvalue weighted by Gasteiger charge is -2.07. The summed E-state index contributed by atoms with van der Waals surface area (Å²) >= 11 is 1.63. The number of alkyl halides is 3. The Hall–Kier alpha value is -3.52. The number of imidazole rings is 1. The number of fused-ring (bicyclic) bond motifs is 1. The molecule has 0 spiro atoms. The SMILES string of the molecule is NCCCCCn1c(-c2nonc2N)nc2c(-c3ccsc3)nccc21.O=C(O)C(F)(F)F. The minimum atomic E-state index is -5.08. The number of rotatable bonds is 7. The van der Waals surface area contributed by atoms with Crippen LogP contribution in [-0.4, -0.2) is 48.6 Å². The summed E-state index contributed by atoms with van der Waals surface area (Å²) < 4.78 is 38.6. The third-order valence-electron chi connectivity index (χ3n) is 4.52. The van der Waals surface area contributed by atoms with Crippen molar-refractivity contribution in [2.45, 2.75) is 32.0 Å². The van der Waals surface area contributed by atoms with Gasteiger partial charge in [-0.25, -0.2) is 14.4 Å². The normalized spacial score (nSPS) is 11.4. The van der Waals surface area contributed by atoms with Crippen molar-refractivity contribution < 1.29 is 27.7 Å². The standard InChI is InChI=1S/C17H19N7OS.C2HF3O2/c18-6-2-1-3-8-24-12-4-7-20-13(11-5-9-26-10-11)14(12)21-17(24)15-16(19)23-25-22-15;3-2(4,5)1(6)7/h4-5,7,9-10H,1-3,6,8,18H2,(H2,19,23);(H,6,7). The Morgan fingerprint density at radius 2 is 1.94 bits per heavy atom. The second kappa shape index (κ2) is 10.4. The van der Waals surface area contributed by atoms with Crippen LogP contribution in [0.3, 0.4) is 0 Å². The highest BCUT2D eigenvalue weighted by atomic mass is 32.1. The molecule has 14 heteroatoms. The third-order valence-corrected chi connectivity index (χ3v) is 5.20. The molecule has 0 unspecified atom stereocenters. The number of carboxylic acids is 1. The quantitative estimate of drug-likeness (QED) is 0.334. The Morgan fingerprint density at radius 3 is 2.52 bits per heavy atom. The molecule has 0 aliphatic carbocycles. The first-order chi connectivity index (χ1) is 15.7. The Labute approximate surface area is 189 Å². The molecule has 0 fully saturated rings. The van der Waals surface area contributed by atoms with E-state index in [9.17, 15) is 13.2 Å². The van der Waals surface area contributed by atoms with E-state index in [2.05, 4.69) is 25.2 Å². The lowest BCUT2D eigenvalue weighted by Crippen LogP contribution is -2.21. The first-order valence-corrected chi connectivity index (χ1v) is 10.6. The molecule has 0 amide bonds. The number of aryl methyl sites for hydroxylation is 1. The second-order valence-electron chi connectivity index (χ2n) is 6.78. The molecule has 0 saturated carbocycles. The molecule has 33 heavy (non-hydrogen) atoms. The number of aromatic nitrogens is 5. The summed E-state index contributed by atoms with van der Waals surface area (Å²) in [5.74, 6) is -1.88.